The lowest BCUT2D eigenvalue weighted by molar-refractivity contribution is 0.575. The lowest BCUT2D eigenvalue weighted by Gasteiger charge is -2.08. The van der Waals surface area contributed by atoms with Gasteiger partial charge >= 0.3 is 0 Å². The summed E-state index contributed by atoms with van der Waals surface area (Å²) in [4.78, 5) is 4.51. The first-order valence-corrected chi connectivity index (χ1v) is 8.79. The molecule has 2 rings (SSSR count). The molecule has 0 spiro atoms. The van der Waals surface area contributed by atoms with E-state index >= 15 is 0 Å². The van der Waals surface area contributed by atoms with Gasteiger partial charge in [0.15, 0.2) is 0 Å². The van der Waals surface area contributed by atoms with E-state index in [9.17, 15) is 8.42 Å². The third kappa shape index (κ3) is 3.71. The summed E-state index contributed by atoms with van der Waals surface area (Å²) < 4.78 is 26.6. The molecule has 110 valence electrons. The van der Waals surface area contributed by atoms with Crippen molar-refractivity contribution in [3.05, 3.63) is 29.6 Å². The number of hydrogen-bond donors (Lipinski definition) is 1. The number of benzene rings is 1. The monoisotopic (exact) mass is 315 g/mol. The molecule has 0 saturated heterocycles. The van der Waals surface area contributed by atoms with Gasteiger partial charge < -0.3 is 4.57 Å². The third-order valence-electron chi connectivity index (χ3n) is 3.03. The number of nitrogens with zero attached hydrogens (tertiary/aromatic N) is 2. The Balaban J connectivity index is 2.16. The van der Waals surface area contributed by atoms with E-state index in [0.717, 1.165) is 28.7 Å². The van der Waals surface area contributed by atoms with Crippen molar-refractivity contribution in [1.29, 1.82) is 0 Å². The molecule has 1 N–H and O–H groups in total. The van der Waals surface area contributed by atoms with Crippen LogP contribution in [0.4, 0.5) is 0 Å². The standard InChI is InChI=1S/C13H18ClN3O2S/c1-10-4-5-12-11(8-10)16-13(9-14)17(12)7-3-6-15-20(2,18)19/h4-5,8,15H,3,6-7,9H2,1-2H3. The van der Waals surface area contributed by atoms with E-state index in [1.165, 1.54) is 0 Å². The van der Waals surface area contributed by atoms with E-state index in [1.54, 1.807) is 0 Å². The summed E-state index contributed by atoms with van der Waals surface area (Å²) in [6.45, 7) is 3.12. The van der Waals surface area contributed by atoms with Crippen LogP contribution in [0.3, 0.4) is 0 Å². The Morgan fingerprint density at radius 2 is 2.15 bits per heavy atom. The fraction of sp³-hybridized carbons (Fsp3) is 0.462. The molecule has 5 nitrogen and oxygen atoms in total. The van der Waals surface area contributed by atoms with Crippen LogP contribution in [-0.4, -0.2) is 30.8 Å². The second-order valence-electron chi connectivity index (χ2n) is 4.83. The Hall–Kier alpha value is -1.11. The van der Waals surface area contributed by atoms with Crippen LogP contribution >= 0.6 is 11.6 Å². The Bertz CT molecular complexity index is 710. The number of rotatable bonds is 6. The molecule has 0 aliphatic rings. The van der Waals surface area contributed by atoms with Gasteiger partial charge in [0.1, 0.15) is 5.82 Å². The Morgan fingerprint density at radius 1 is 1.40 bits per heavy atom. The Kier molecular flexibility index (Phi) is 4.67. The second kappa shape index (κ2) is 6.11. The van der Waals surface area contributed by atoms with Crippen LogP contribution in [0.2, 0.25) is 0 Å². The molecule has 2 aromatic rings. The number of nitrogens with one attached hydrogen (secondary N) is 1. The molecule has 1 aromatic carbocycles. The van der Waals surface area contributed by atoms with Gasteiger partial charge in [-0.2, -0.15) is 0 Å². The molecule has 0 unspecified atom stereocenters. The molecule has 0 bridgehead atoms. The zero-order chi connectivity index (χ0) is 14.8. The summed E-state index contributed by atoms with van der Waals surface area (Å²) in [7, 11) is -3.13. The fourth-order valence-corrected chi connectivity index (χ4v) is 2.86. The molecule has 0 radical (unpaired) electrons. The average Bonchev–Trinajstić information content (AvgIpc) is 2.70. The van der Waals surface area contributed by atoms with Crippen LogP contribution in [0.25, 0.3) is 11.0 Å². The van der Waals surface area contributed by atoms with Gasteiger partial charge in [0.2, 0.25) is 10.0 Å². The van der Waals surface area contributed by atoms with Crippen molar-refractivity contribution in [2.45, 2.75) is 25.8 Å². The lowest BCUT2D eigenvalue weighted by Crippen LogP contribution is -2.24. The molecule has 1 heterocycles. The van der Waals surface area contributed by atoms with Crippen molar-refractivity contribution < 1.29 is 8.42 Å². The Labute approximate surface area is 124 Å². The molecule has 0 atom stereocenters. The molecule has 0 amide bonds. The van der Waals surface area contributed by atoms with Gasteiger partial charge in [-0.3, -0.25) is 0 Å². The highest BCUT2D eigenvalue weighted by Crippen LogP contribution is 2.19. The van der Waals surface area contributed by atoms with Gasteiger partial charge in [-0.15, -0.1) is 11.6 Å². The van der Waals surface area contributed by atoms with Crippen LogP contribution in [0.15, 0.2) is 18.2 Å². The molecule has 0 fully saturated rings. The summed E-state index contributed by atoms with van der Waals surface area (Å²) >= 11 is 5.93. The highest BCUT2D eigenvalue weighted by molar-refractivity contribution is 7.88. The largest absolute Gasteiger partial charge is 0.327 e. The summed E-state index contributed by atoms with van der Waals surface area (Å²) in [6, 6.07) is 6.08. The highest BCUT2D eigenvalue weighted by atomic mass is 35.5. The van der Waals surface area contributed by atoms with E-state index in [4.69, 9.17) is 11.6 Å². The zero-order valence-electron chi connectivity index (χ0n) is 11.6. The van der Waals surface area contributed by atoms with Crippen LogP contribution < -0.4 is 4.72 Å². The van der Waals surface area contributed by atoms with Crippen LogP contribution in [0.5, 0.6) is 0 Å². The number of aryl methyl sites for hydroxylation is 2. The maximum absolute atomic E-state index is 11.0. The topological polar surface area (TPSA) is 64.0 Å². The lowest BCUT2D eigenvalue weighted by atomic mass is 10.2. The Morgan fingerprint density at radius 3 is 2.80 bits per heavy atom. The van der Waals surface area contributed by atoms with Gasteiger partial charge in [-0.25, -0.2) is 18.1 Å². The minimum atomic E-state index is -3.13. The number of halogens is 1. The van der Waals surface area contributed by atoms with Gasteiger partial charge in [-0.05, 0) is 31.0 Å². The van der Waals surface area contributed by atoms with Gasteiger partial charge in [0, 0.05) is 13.1 Å². The molecule has 7 heteroatoms. The smallest absolute Gasteiger partial charge is 0.208 e. The van der Waals surface area contributed by atoms with E-state index in [-0.39, 0.29) is 0 Å². The number of hydrogen-bond acceptors (Lipinski definition) is 3. The van der Waals surface area contributed by atoms with Gasteiger partial charge in [-0.1, -0.05) is 6.07 Å². The number of aromatic nitrogens is 2. The molecule has 20 heavy (non-hydrogen) atoms. The van der Waals surface area contributed by atoms with E-state index in [2.05, 4.69) is 9.71 Å². The van der Waals surface area contributed by atoms with Gasteiger partial charge in [0.25, 0.3) is 0 Å². The van der Waals surface area contributed by atoms with Crippen molar-refractivity contribution in [2.75, 3.05) is 12.8 Å². The maximum Gasteiger partial charge on any atom is 0.208 e. The zero-order valence-corrected chi connectivity index (χ0v) is 13.1. The molecule has 0 aliphatic carbocycles. The van der Waals surface area contributed by atoms with E-state index in [0.29, 0.717) is 25.4 Å². The summed E-state index contributed by atoms with van der Waals surface area (Å²) in [6.07, 6.45) is 1.85. The van der Waals surface area contributed by atoms with Crippen molar-refractivity contribution in [3.8, 4) is 0 Å². The van der Waals surface area contributed by atoms with Crippen LogP contribution in [-0.2, 0) is 22.4 Å². The molecular weight excluding hydrogens is 298 g/mol. The van der Waals surface area contributed by atoms with Gasteiger partial charge in [0.05, 0.1) is 23.2 Å². The first-order valence-electron chi connectivity index (χ1n) is 6.37. The average molecular weight is 316 g/mol. The SMILES string of the molecule is Cc1ccc2c(c1)nc(CCl)n2CCCNS(C)(=O)=O. The highest BCUT2D eigenvalue weighted by Gasteiger charge is 2.10. The maximum atomic E-state index is 11.0. The number of imidazole rings is 1. The predicted molar refractivity (Wildman–Crippen MR) is 81.5 cm³/mol. The first kappa shape index (κ1) is 15.3. The molecular formula is C13H18ClN3O2S. The summed E-state index contributed by atoms with van der Waals surface area (Å²) in [5.74, 6) is 1.15. The van der Waals surface area contributed by atoms with Crippen LogP contribution in [0, 0.1) is 6.92 Å². The minimum Gasteiger partial charge on any atom is -0.327 e. The summed E-state index contributed by atoms with van der Waals surface area (Å²) in [5, 5.41) is 0. The second-order valence-corrected chi connectivity index (χ2v) is 6.93. The number of sulfonamides is 1. The first-order chi connectivity index (χ1) is 9.40. The number of alkyl halides is 1. The fourth-order valence-electron chi connectivity index (χ4n) is 2.14. The van der Waals surface area contributed by atoms with Crippen LogP contribution in [0.1, 0.15) is 17.8 Å². The van der Waals surface area contributed by atoms with E-state index in [1.807, 2.05) is 29.7 Å². The van der Waals surface area contributed by atoms with Crippen molar-refractivity contribution in [1.82, 2.24) is 14.3 Å². The van der Waals surface area contributed by atoms with Crippen molar-refractivity contribution in [3.63, 3.8) is 0 Å². The molecule has 1 aromatic heterocycles. The third-order valence-corrected chi connectivity index (χ3v) is 3.99. The molecule has 0 saturated carbocycles. The van der Waals surface area contributed by atoms with E-state index < -0.39 is 10.0 Å². The van der Waals surface area contributed by atoms with Crippen molar-refractivity contribution >= 4 is 32.7 Å². The predicted octanol–water partition coefficient (Wildman–Crippen LogP) is 2.02. The summed E-state index contributed by atoms with van der Waals surface area (Å²) in [5.41, 5.74) is 3.12. The van der Waals surface area contributed by atoms with Crippen molar-refractivity contribution in [2.24, 2.45) is 0 Å². The quantitative estimate of drug-likeness (QED) is 0.655. The molecule has 0 aliphatic heterocycles. The normalized spacial score (nSPS) is 12.2. The minimum absolute atomic E-state index is 0.341. The number of fused-ring (bicyclic) bond motifs is 1.